The Morgan fingerprint density at radius 3 is 2.46 bits per heavy atom. The third-order valence-corrected chi connectivity index (χ3v) is 4.27. The molecule has 0 saturated carbocycles. The maximum Gasteiger partial charge on any atom is 0.326 e. The predicted molar refractivity (Wildman–Crippen MR) is 96.1 cm³/mol. The molecule has 2 amide bonds. The molecule has 0 aliphatic carbocycles. The zero-order chi connectivity index (χ0) is 20.3. The van der Waals surface area contributed by atoms with Crippen molar-refractivity contribution >= 4 is 23.5 Å². The van der Waals surface area contributed by atoms with Crippen molar-refractivity contribution in [2.24, 2.45) is 0 Å². The van der Waals surface area contributed by atoms with Gasteiger partial charge >= 0.3 is 5.97 Å². The molecule has 28 heavy (non-hydrogen) atoms. The van der Waals surface area contributed by atoms with E-state index < -0.39 is 34.9 Å². The summed E-state index contributed by atoms with van der Waals surface area (Å²) in [5.74, 6) is -1.69. The highest BCUT2D eigenvalue weighted by molar-refractivity contribution is 6.24. The standard InChI is InChI=1S/C19H16N2O7/c1-27-13-7-5-12(6-8-13)9-10-28-16(22)11-20-18(23)14-3-2-4-15(21(25)26)17(14)19(20)24/h2-8H,9-11H2,1H3. The summed E-state index contributed by atoms with van der Waals surface area (Å²) in [4.78, 5) is 47.8. The second kappa shape index (κ2) is 7.87. The first-order chi connectivity index (χ1) is 13.4. The van der Waals surface area contributed by atoms with Gasteiger partial charge < -0.3 is 9.47 Å². The maximum atomic E-state index is 12.4. The molecule has 3 rings (SSSR count). The molecule has 0 fully saturated rings. The normalized spacial score (nSPS) is 12.7. The van der Waals surface area contributed by atoms with E-state index in [0.717, 1.165) is 11.6 Å². The number of nitro benzene ring substituents is 1. The van der Waals surface area contributed by atoms with Crippen LogP contribution in [0.1, 0.15) is 26.3 Å². The zero-order valence-electron chi connectivity index (χ0n) is 14.9. The third-order valence-electron chi connectivity index (χ3n) is 4.27. The molecule has 1 heterocycles. The first-order valence-corrected chi connectivity index (χ1v) is 8.34. The molecule has 1 aliphatic rings. The van der Waals surface area contributed by atoms with E-state index in [0.29, 0.717) is 17.1 Å². The summed E-state index contributed by atoms with van der Waals surface area (Å²) in [7, 11) is 1.56. The molecule has 9 heteroatoms. The Morgan fingerprint density at radius 1 is 1.11 bits per heavy atom. The number of nitro groups is 1. The summed E-state index contributed by atoms with van der Waals surface area (Å²) in [6.07, 6.45) is 0.448. The third kappa shape index (κ3) is 3.68. The molecule has 0 spiro atoms. The molecule has 0 bridgehead atoms. The van der Waals surface area contributed by atoms with Gasteiger partial charge in [-0.1, -0.05) is 18.2 Å². The highest BCUT2D eigenvalue weighted by atomic mass is 16.6. The number of amides is 2. The quantitative estimate of drug-likeness (QED) is 0.310. The average Bonchev–Trinajstić information content (AvgIpc) is 2.93. The summed E-state index contributed by atoms with van der Waals surface area (Å²) in [5.41, 5.74) is 0.0601. The first-order valence-electron chi connectivity index (χ1n) is 8.34. The number of ether oxygens (including phenoxy) is 2. The lowest BCUT2D eigenvalue weighted by atomic mass is 10.1. The van der Waals surface area contributed by atoms with E-state index in [2.05, 4.69) is 0 Å². The van der Waals surface area contributed by atoms with Crippen LogP contribution in [0.5, 0.6) is 5.75 Å². The molecule has 2 aromatic rings. The molecule has 9 nitrogen and oxygen atoms in total. The van der Waals surface area contributed by atoms with E-state index in [4.69, 9.17) is 9.47 Å². The van der Waals surface area contributed by atoms with Crippen LogP contribution in [0, 0.1) is 10.1 Å². The van der Waals surface area contributed by atoms with Crippen LogP contribution in [0.25, 0.3) is 0 Å². The molecule has 144 valence electrons. The summed E-state index contributed by atoms with van der Waals surface area (Å²) >= 11 is 0. The summed E-state index contributed by atoms with van der Waals surface area (Å²) in [5, 5.41) is 11.1. The van der Waals surface area contributed by atoms with Gasteiger partial charge in [-0.2, -0.15) is 0 Å². The van der Waals surface area contributed by atoms with Gasteiger partial charge in [0.2, 0.25) is 0 Å². The molecular formula is C19H16N2O7. The Bertz CT molecular complexity index is 953. The highest BCUT2D eigenvalue weighted by Crippen LogP contribution is 2.30. The number of esters is 1. The summed E-state index contributed by atoms with van der Waals surface area (Å²) in [6, 6.07) is 11.0. The van der Waals surface area contributed by atoms with Crippen molar-refractivity contribution in [2.75, 3.05) is 20.3 Å². The minimum atomic E-state index is -0.876. The van der Waals surface area contributed by atoms with Gasteiger partial charge in [-0.25, -0.2) is 0 Å². The number of nitrogens with zero attached hydrogens (tertiary/aromatic N) is 2. The minimum Gasteiger partial charge on any atom is -0.497 e. The highest BCUT2D eigenvalue weighted by Gasteiger charge is 2.41. The maximum absolute atomic E-state index is 12.4. The number of imide groups is 1. The summed E-state index contributed by atoms with van der Waals surface area (Å²) < 4.78 is 10.1. The summed E-state index contributed by atoms with van der Waals surface area (Å²) in [6.45, 7) is -0.541. The van der Waals surface area contributed by atoms with Crippen LogP contribution in [-0.2, 0) is 16.0 Å². The molecule has 0 unspecified atom stereocenters. The number of benzene rings is 2. The fourth-order valence-corrected chi connectivity index (χ4v) is 2.86. The van der Waals surface area contributed by atoms with Crippen LogP contribution in [0.3, 0.4) is 0 Å². The van der Waals surface area contributed by atoms with Crippen LogP contribution in [0.15, 0.2) is 42.5 Å². The van der Waals surface area contributed by atoms with Crippen LogP contribution in [-0.4, -0.2) is 47.9 Å². The molecule has 0 saturated heterocycles. The lowest BCUT2D eigenvalue weighted by molar-refractivity contribution is -0.385. The number of hydrogen-bond acceptors (Lipinski definition) is 7. The largest absolute Gasteiger partial charge is 0.497 e. The van der Waals surface area contributed by atoms with Crippen LogP contribution in [0.4, 0.5) is 5.69 Å². The van der Waals surface area contributed by atoms with Crippen LogP contribution in [0.2, 0.25) is 0 Å². The van der Waals surface area contributed by atoms with E-state index in [1.165, 1.54) is 12.1 Å². The number of rotatable bonds is 7. The molecule has 1 aliphatic heterocycles. The Kier molecular flexibility index (Phi) is 5.35. The molecule has 0 N–H and O–H groups in total. The van der Waals surface area contributed by atoms with Gasteiger partial charge in [-0.3, -0.25) is 29.4 Å². The lowest BCUT2D eigenvalue weighted by Gasteiger charge is -2.13. The van der Waals surface area contributed by atoms with Crippen molar-refractivity contribution in [3.63, 3.8) is 0 Å². The van der Waals surface area contributed by atoms with Crippen molar-refractivity contribution in [2.45, 2.75) is 6.42 Å². The van der Waals surface area contributed by atoms with Gasteiger partial charge in [0.15, 0.2) is 0 Å². The smallest absolute Gasteiger partial charge is 0.326 e. The molecule has 0 atom stereocenters. The van der Waals surface area contributed by atoms with Crippen molar-refractivity contribution < 1.29 is 28.8 Å². The van der Waals surface area contributed by atoms with Gasteiger partial charge in [-0.15, -0.1) is 0 Å². The predicted octanol–water partition coefficient (Wildman–Crippen LogP) is 1.99. The van der Waals surface area contributed by atoms with Gasteiger partial charge in [0.1, 0.15) is 17.9 Å². The van der Waals surface area contributed by atoms with E-state index >= 15 is 0 Å². The number of hydrogen-bond donors (Lipinski definition) is 0. The van der Waals surface area contributed by atoms with Crippen molar-refractivity contribution in [1.82, 2.24) is 4.90 Å². The lowest BCUT2D eigenvalue weighted by Crippen LogP contribution is -2.36. The zero-order valence-corrected chi connectivity index (χ0v) is 14.9. The number of methoxy groups -OCH3 is 1. The second-order valence-corrected chi connectivity index (χ2v) is 5.97. The minimum absolute atomic E-state index is 0.0640. The van der Waals surface area contributed by atoms with Gasteiger partial charge in [0, 0.05) is 12.5 Å². The topological polar surface area (TPSA) is 116 Å². The average molecular weight is 384 g/mol. The Morgan fingerprint density at radius 2 is 1.82 bits per heavy atom. The van der Waals surface area contributed by atoms with E-state index in [-0.39, 0.29) is 17.7 Å². The molecule has 0 radical (unpaired) electrons. The Hall–Kier alpha value is -3.75. The van der Waals surface area contributed by atoms with Gasteiger partial charge in [0.25, 0.3) is 17.5 Å². The first kappa shape index (κ1) is 19.0. The van der Waals surface area contributed by atoms with Crippen molar-refractivity contribution in [3.05, 3.63) is 69.3 Å². The molecule has 0 aromatic heterocycles. The number of fused-ring (bicyclic) bond motifs is 1. The fraction of sp³-hybridized carbons (Fsp3) is 0.211. The van der Waals surface area contributed by atoms with Gasteiger partial charge in [-0.05, 0) is 23.8 Å². The fourth-order valence-electron chi connectivity index (χ4n) is 2.86. The second-order valence-electron chi connectivity index (χ2n) is 5.97. The monoisotopic (exact) mass is 384 g/mol. The Labute approximate surface area is 159 Å². The number of carbonyl (C=O) groups is 3. The van der Waals surface area contributed by atoms with Crippen molar-refractivity contribution in [3.8, 4) is 5.75 Å². The van der Waals surface area contributed by atoms with E-state index in [9.17, 15) is 24.5 Å². The Balaban J connectivity index is 1.60. The van der Waals surface area contributed by atoms with Crippen molar-refractivity contribution in [1.29, 1.82) is 0 Å². The van der Waals surface area contributed by atoms with Gasteiger partial charge in [0.05, 0.1) is 24.2 Å². The number of carbonyl (C=O) groups excluding carboxylic acids is 3. The van der Waals surface area contributed by atoms with Crippen LogP contribution < -0.4 is 4.74 Å². The van der Waals surface area contributed by atoms with E-state index in [1.807, 2.05) is 12.1 Å². The molecule has 2 aromatic carbocycles. The van der Waals surface area contributed by atoms with Crippen LogP contribution >= 0.6 is 0 Å². The van der Waals surface area contributed by atoms with E-state index in [1.54, 1.807) is 19.2 Å². The SMILES string of the molecule is COc1ccc(CCOC(=O)CN2C(=O)c3cccc([N+](=O)[O-])c3C2=O)cc1. The molecular weight excluding hydrogens is 368 g/mol.